The van der Waals surface area contributed by atoms with Gasteiger partial charge in [-0.1, -0.05) is 6.07 Å². The van der Waals surface area contributed by atoms with E-state index in [2.05, 4.69) is 0 Å². The normalized spacial score (nSPS) is 15.5. The molecular weight excluding hydrogens is 176 g/mol. The zero-order chi connectivity index (χ0) is 10.0. The molecule has 0 amide bonds. The fourth-order valence-corrected chi connectivity index (χ4v) is 1.06. The van der Waals surface area contributed by atoms with Crippen molar-refractivity contribution in [1.82, 2.24) is 0 Å². The molecule has 0 saturated heterocycles. The van der Waals surface area contributed by atoms with Crippen molar-refractivity contribution in [3.05, 3.63) is 35.4 Å². The van der Waals surface area contributed by atoms with Crippen molar-refractivity contribution in [3.63, 3.8) is 0 Å². The molecule has 1 rings (SSSR count). The van der Waals surface area contributed by atoms with Crippen molar-refractivity contribution in [2.24, 2.45) is 5.73 Å². The first-order valence-corrected chi connectivity index (χ1v) is 3.91. The molecule has 0 heterocycles. The lowest BCUT2D eigenvalue weighted by atomic mass is 10.0. The fourth-order valence-electron chi connectivity index (χ4n) is 1.06. The second-order valence-electron chi connectivity index (χ2n) is 2.94. The number of nitrogens with two attached hydrogens (primary N) is 1. The summed E-state index contributed by atoms with van der Waals surface area (Å²) in [6, 6.07) is 2.71. The van der Waals surface area contributed by atoms with Gasteiger partial charge in [-0.05, 0) is 19.1 Å². The van der Waals surface area contributed by atoms with Crippen molar-refractivity contribution in [2.75, 3.05) is 0 Å². The largest absolute Gasteiger partial charge is 0.387 e. The molecule has 2 nitrogen and oxygen atoms in total. The second-order valence-corrected chi connectivity index (χ2v) is 2.94. The Hall–Kier alpha value is -1.00. The molecule has 3 N–H and O–H groups in total. The number of halogens is 2. The van der Waals surface area contributed by atoms with Crippen LogP contribution >= 0.6 is 0 Å². The zero-order valence-electron chi connectivity index (χ0n) is 7.17. The lowest BCUT2D eigenvalue weighted by molar-refractivity contribution is 0.144. The van der Waals surface area contributed by atoms with E-state index in [0.717, 1.165) is 12.1 Å². The van der Waals surface area contributed by atoms with Gasteiger partial charge in [0.15, 0.2) is 0 Å². The quantitative estimate of drug-likeness (QED) is 0.734. The van der Waals surface area contributed by atoms with Gasteiger partial charge in [0.2, 0.25) is 0 Å². The van der Waals surface area contributed by atoms with Gasteiger partial charge in [-0.3, -0.25) is 0 Å². The van der Waals surface area contributed by atoms with Gasteiger partial charge in [-0.15, -0.1) is 0 Å². The van der Waals surface area contributed by atoms with Crippen LogP contribution in [-0.2, 0) is 0 Å². The smallest absolute Gasteiger partial charge is 0.132 e. The highest BCUT2D eigenvalue weighted by atomic mass is 19.1. The van der Waals surface area contributed by atoms with E-state index >= 15 is 0 Å². The summed E-state index contributed by atoms with van der Waals surface area (Å²) in [7, 11) is 0. The summed E-state index contributed by atoms with van der Waals surface area (Å²) in [4.78, 5) is 0. The summed E-state index contributed by atoms with van der Waals surface area (Å²) in [5.41, 5.74) is 4.96. The highest BCUT2D eigenvalue weighted by molar-refractivity contribution is 5.22. The highest BCUT2D eigenvalue weighted by Crippen LogP contribution is 2.22. The Bertz CT molecular complexity index is 281. The Balaban J connectivity index is 3.12. The number of aliphatic hydroxyl groups excluding tert-OH is 1. The lowest BCUT2D eigenvalue weighted by Crippen LogP contribution is -2.26. The topological polar surface area (TPSA) is 46.2 Å². The lowest BCUT2D eigenvalue weighted by Gasteiger charge is -2.15. The summed E-state index contributed by atoms with van der Waals surface area (Å²) in [6.45, 7) is 1.48. The molecule has 0 aromatic heterocycles. The van der Waals surface area contributed by atoms with Crippen molar-refractivity contribution in [3.8, 4) is 0 Å². The number of rotatable bonds is 2. The molecule has 0 aliphatic rings. The minimum atomic E-state index is -1.30. The standard InChI is InChI=1S/C9H11F2NO/c1-5(12)9(13)8-6(10)3-2-4-7(8)11/h2-5,9,13H,12H2,1H3/t5-,9-/m0/s1. The molecule has 1 aromatic rings. The first kappa shape index (κ1) is 10.1. The van der Waals surface area contributed by atoms with Crippen LogP contribution in [-0.4, -0.2) is 11.1 Å². The van der Waals surface area contributed by atoms with E-state index < -0.39 is 23.8 Å². The van der Waals surface area contributed by atoms with E-state index in [-0.39, 0.29) is 5.56 Å². The van der Waals surface area contributed by atoms with Crippen LogP contribution in [0.15, 0.2) is 18.2 Å². The van der Waals surface area contributed by atoms with Gasteiger partial charge in [0.05, 0.1) is 11.7 Å². The third-order valence-electron chi connectivity index (χ3n) is 1.79. The molecule has 0 spiro atoms. The fraction of sp³-hybridized carbons (Fsp3) is 0.333. The Kier molecular flexibility index (Phi) is 2.95. The number of hydrogen-bond donors (Lipinski definition) is 2. The predicted octanol–water partition coefficient (Wildman–Crippen LogP) is 1.35. The van der Waals surface area contributed by atoms with Gasteiger partial charge >= 0.3 is 0 Å². The Morgan fingerprint density at radius 3 is 2.15 bits per heavy atom. The molecule has 0 fully saturated rings. The highest BCUT2D eigenvalue weighted by Gasteiger charge is 2.20. The van der Waals surface area contributed by atoms with Crippen LogP contribution in [0, 0.1) is 11.6 Å². The maximum atomic E-state index is 13.0. The Labute approximate surface area is 75.0 Å². The molecule has 4 heteroatoms. The average molecular weight is 187 g/mol. The van der Waals surface area contributed by atoms with E-state index in [9.17, 15) is 13.9 Å². The van der Waals surface area contributed by atoms with Crippen LogP contribution in [0.1, 0.15) is 18.6 Å². The van der Waals surface area contributed by atoms with Crippen LogP contribution < -0.4 is 5.73 Å². The molecule has 0 saturated carbocycles. The van der Waals surface area contributed by atoms with E-state index in [4.69, 9.17) is 5.73 Å². The van der Waals surface area contributed by atoms with E-state index in [0.29, 0.717) is 0 Å². The van der Waals surface area contributed by atoms with E-state index in [1.54, 1.807) is 0 Å². The van der Waals surface area contributed by atoms with Gasteiger partial charge in [0, 0.05) is 6.04 Å². The number of aliphatic hydroxyl groups is 1. The summed E-state index contributed by atoms with van der Waals surface area (Å²) >= 11 is 0. The third kappa shape index (κ3) is 2.02. The van der Waals surface area contributed by atoms with Crippen LogP contribution in [0.25, 0.3) is 0 Å². The second kappa shape index (κ2) is 3.81. The molecule has 0 aliphatic carbocycles. The first-order chi connectivity index (χ1) is 6.04. The van der Waals surface area contributed by atoms with Crippen molar-refractivity contribution in [2.45, 2.75) is 19.1 Å². The molecular formula is C9H11F2NO. The first-order valence-electron chi connectivity index (χ1n) is 3.91. The Morgan fingerprint density at radius 1 is 1.31 bits per heavy atom. The van der Waals surface area contributed by atoms with Gasteiger partial charge in [-0.2, -0.15) is 0 Å². The maximum absolute atomic E-state index is 13.0. The van der Waals surface area contributed by atoms with E-state index in [1.807, 2.05) is 0 Å². The third-order valence-corrected chi connectivity index (χ3v) is 1.79. The summed E-state index contributed by atoms with van der Waals surface area (Å²) in [5, 5.41) is 9.35. The van der Waals surface area contributed by atoms with Gasteiger partial charge in [0.1, 0.15) is 11.6 Å². The van der Waals surface area contributed by atoms with Gasteiger partial charge < -0.3 is 10.8 Å². The van der Waals surface area contributed by atoms with Crippen molar-refractivity contribution >= 4 is 0 Å². The average Bonchev–Trinajstić information content (AvgIpc) is 2.03. The monoisotopic (exact) mass is 187 g/mol. The minimum absolute atomic E-state index is 0.363. The van der Waals surface area contributed by atoms with Crippen LogP contribution in [0.4, 0.5) is 8.78 Å². The molecule has 2 atom stereocenters. The summed E-state index contributed by atoms with van der Waals surface area (Å²) < 4.78 is 26.0. The molecule has 72 valence electrons. The Morgan fingerprint density at radius 2 is 1.77 bits per heavy atom. The minimum Gasteiger partial charge on any atom is -0.387 e. The SMILES string of the molecule is C[C@H](N)[C@H](O)c1c(F)cccc1F. The molecule has 1 aromatic carbocycles. The molecule has 13 heavy (non-hydrogen) atoms. The maximum Gasteiger partial charge on any atom is 0.132 e. The van der Waals surface area contributed by atoms with Crippen LogP contribution in [0.5, 0.6) is 0 Å². The molecule has 0 bridgehead atoms. The van der Waals surface area contributed by atoms with Gasteiger partial charge in [0.25, 0.3) is 0 Å². The number of benzene rings is 1. The molecule has 0 aliphatic heterocycles. The van der Waals surface area contributed by atoms with Gasteiger partial charge in [-0.25, -0.2) is 8.78 Å². The summed E-state index contributed by atoms with van der Waals surface area (Å²) in [5.74, 6) is -1.55. The van der Waals surface area contributed by atoms with Crippen molar-refractivity contribution < 1.29 is 13.9 Å². The van der Waals surface area contributed by atoms with Crippen LogP contribution in [0.2, 0.25) is 0 Å². The predicted molar refractivity (Wildman–Crippen MR) is 45.0 cm³/mol. The molecule has 0 unspecified atom stereocenters. The van der Waals surface area contributed by atoms with Crippen molar-refractivity contribution in [1.29, 1.82) is 0 Å². The number of hydrogen-bond acceptors (Lipinski definition) is 2. The zero-order valence-corrected chi connectivity index (χ0v) is 7.17. The molecule has 0 radical (unpaired) electrons. The van der Waals surface area contributed by atoms with Crippen LogP contribution in [0.3, 0.4) is 0 Å². The summed E-state index contributed by atoms with van der Waals surface area (Å²) in [6.07, 6.45) is -1.30. The van der Waals surface area contributed by atoms with E-state index in [1.165, 1.54) is 13.0 Å².